The molecule has 1 amide bonds. The van der Waals surface area contributed by atoms with Gasteiger partial charge >= 0.3 is 0 Å². The minimum atomic E-state index is 0. The maximum Gasteiger partial charge on any atom is 0.234 e. The lowest BCUT2D eigenvalue weighted by molar-refractivity contribution is -0.122. The summed E-state index contributed by atoms with van der Waals surface area (Å²) in [6.07, 6.45) is 1.02. The topological polar surface area (TPSA) is 69.2 Å². The van der Waals surface area contributed by atoms with E-state index in [0.29, 0.717) is 19.7 Å². The van der Waals surface area contributed by atoms with Gasteiger partial charge in [-0.2, -0.15) is 0 Å². The third-order valence-electron chi connectivity index (χ3n) is 5.13. The zero-order valence-electron chi connectivity index (χ0n) is 18.8. The van der Waals surface area contributed by atoms with Crippen LogP contribution in [0.4, 0.5) is 0 Å². The van der Waals surface area contributed by atoms with Crippen LogP contribution in [-0.4, -0.2) is 88.2 Å². The molecule has 0 aromatic heterocycles. The molecule has 0 bridgehead atoms. The predicted octanol–water partition coefficient (Wildman–Crippen LogP) is 1.83. The summed E-state index contributed by atoms with van der Waals surface area (Å²) in [4.78, 5) is 20.9. The normalized spacial score (nSPS) is 15.5. The van der Waals surface area contributed by atoms with E-state index in [2.05, 4.69) is 69.6 Å². The smallest absolute Gasteiger partial charge is 0.234 e. The maximum absolute atomic E-state index is 12.0. The molecular formula is C22H38IN5O2. The molecule has 0 spiro atoms. The molecule has 1 aliphatic heterocycles. The fourth-order valence-electron chi connectivity index (χ4n) is 3.53. The van der Waals surface area contributed by atoms with Crippen LogP contribution in [0.1, 0.15) is 19.4 Å². The number of methoxy groups -OCH3 is 1. The van der Waals surface area contributed by atoms with Crippen LogP contribution in [0.5, 0.6) is 0 Å². The molecule has 1 heterocycles. The first kappa shape index (κ1) is 26.6. The predicted molar refractivity (Wildman–Crippen MR) is 134 cm³/mol. The van der Waals surface area contributed by atoms with Crippen molar-refractivity contribution in [2.75, 3.05) is 66.6 Å². The third-order valence-corrected chi connectivity index (χ3v) is 5.13. The second-order valence-corrected chi connectivity index (χ2v) is 8.33. The molecule has 0 saturated carbocycles. The number of piperazine rings is 1. The largest absolute Gasteiger partial charge is 0.383 e. The van der Waals surface area contributed by atoms with Gasteiger partial charge in [-0.15, -0.1) is 24.0 Å². The highest BCUT2D eigenvalue weighted by Gasteiger charge is 2.23. The number of guanidine groups is 1. The molecule has 0 unspecified atom stereocenters. The molecule has 0 radical (unpaired) electrons. The van der Waals surface area contributed by atoms with Gasteiger partial charge in [0.15, 0.2) is 5.96 Å². The number of ether oxygens (including phenoxy) is 1. The Bertz CT molecular complexity index is 646. The van der Waals surface area contributed by atoms with Crippen LogP contribution in [0, 0.1) is 5.41 Å². The van der Waals surface area contributed by atoms with Gasteiger partial charge in [0.25, 0.3) is 0 Å². The van der Waals surface area contributed by atoms with Gasteiger partial charge < -0.3 is 20.3 Å². The summed E-state index contributed by atoms with van der Waals surface area (Å²) < 4.78 is 4.96. The van der Waals surface area contributed by atoms with Gasteiger partial charge in [0, 0.05) is 53.4 Å². The highest BCUT2D eigenvalue weighted by Crippen LogP contribution is 2.20. The van der Waals surface area contributed by atoms with Gasteiger partial charge in [-0.1, -0.05) is 44.2 Å². The number of nitrogens with one attached hydrogen (secondary N) is 2. The van der Waals surface area contributed by atoms with Crippen LogP contribution in [-0.2, 0) is 16.0 Å². The molecular weight excluding hydrogens is 493 g/mol. The average molecular weight is 531 g/mol. The van der Waals surface area contributed by atoms with E-state index in [1.165, 1.54) is 5.56 Å². The first-order valence-electron chi connectivity index (χ1n) is 10.4. The van der Waals surface area contributed by atoms with Crippen molar-refractivity contribution in [1.29, 1.82) is 0 Å². The third kappa shape index (κ3) is 9.61. The zero-order chi connectivity index (χ0) is 21.1. The van der Waals surface area contributed by atoms with Crippen molar-refractivity contribution < 1.29 is 9.53 Å². The summed E-state index contributed by atoms with van der Waals surface area (Å²) in [5.41, 5.74) is 1.48. The molecule has 0 atom stereocenters. The minimum Gasteiger partial charge on any atom is -0.383 e. The summed E-state index contributed by atoms with van der Waals surface area (Å²) in [5.74, 6) is 0.996. The molecule has 2 N–H and O–H groups in total. The average Bonchev–Trinajstić information content (AvgIpc) is 2.70. The lowest BCUT2D eigenvalue weighted by Gasteiger charge is -2.37. The zero-order valence-corrected chi connectivity index (χ0v) is 21.1. The molecule has 1 aromatic rings. The van der Waals surface area contributed by atoms with Crippen LogP contribution < -0.4 is 10.6 Å². The van der Waals surface area contributed by atoms with Gasteiger partial charge in [-0.05, 0) is 17.4 Å². The number of benzene rings is 1. The second-order valence-electron chi connectivity index (χ2n) is 8.33. The monoisotopic (exact) mass is 531 g/mol. The van der Waals surface area contributed by atoms with Crippen molar-refractivity contribution in [2.45, 2.75) is 20.3 Å². The Hall–Kier alpha value is -1.39. The van der Waals surface area contributed by atoms with E-state index in [0.717, 1.165) is 45.1 Å². The van der Waals surface area contributed by atoms with Crippen molar-refractivity contribution in [2.24, 2.45) is 10.4 Å². The van der Waals surface area contributed by atoms with Crippen LogP contribution in [0.3, 0.4) is 0 Å². The lowest BCUT2D eigenvalue weighted by Crippen LogP contribution is -2.55. The van der Waals surface area contributed by atoms with E-state index < -0.39 is 0 Å². The SMILES string of the molecule is CN=C(NCC(C)(C)Cc1ccccc1)N1CCN(CC(=O)NCCOC)CC1.I. The molecule has 170 valence electrons. The summed E-state index contributed by atoms with van der Waals surface area (Å²) in [6, 6.07) is 10.6. The van der Waals surface area contributed by atoms with Crippen LogP contribution in [0.25, 0.3) is 0 Å². The molecule has 1 aromatic carbocycles. The Balaban J connectivity index is 0.00000450. The summed E-state index contributed by atoms with van der Waals surface area (Å²) >= 11 is 0. The molecule has 7 nitrogen and oxygen atoms in total. The van der Waals surface area contributed by atoms with E-state index in [9.17, 15) is 4.79 Å². The Morgan fingerprint density at radius 2 is 1.80 bits per heavy atom. The lowest BCUT2D eigenvalue weighted by atomic mass is 9.86. The number of aliphatic imine (C=N–C) groups is 1. The fraction of sp³-hybridized carbons (Fsp3) is 0.636. The Kier molecular flexibility index (Phi) is 12.3. The molecule has 1 aliphatic rings. The van der Waals surface area contributed by atoms with Crippen LogP contribution in [0.15, 0.2) is 35.3 Å². The van der Waals surface area contributed by atoms with Crippen molar-refractivity contribution in [1.82, 2.24) is 20.4 Å². The quantitative estimate of drug-likeness (QED) is 0.220. The van der Waals surface area contributed by atoms with E-state index in [1.54, 1.807) is 7.11 Å². The molecule has 1 fully saturated rings. The maximum atomic E-state index is 12.0. The van der Waals surface area contributed by atoms with Gasteiger partial charge in [0.05, 0.1) is 13.2 Å². The molecule has 30 heavy (non-hydrogen) atoms. The number of nitrogens with zero attached hydrogens (tertiary/aromatic N) is 3. The van der Waals surface area contributed by atoms with Crippen molar-refractivity contribution in [3.63, 3.8) is 0 Å². The molecule has 0 aliphatic carbocycles. The first-order valence-corrected chi connectivity index (χ1v) is 10.4. The van der Waals surface area contributed by atoms with Gasteiger partial charge in [0.2, 0.25) is 5.91 Å². The highest BCUT2D eigenvalue weighted by atomic mass is 127. The molecule has 8 heteroatoms. The Morgan fingerprint density at radius 3 is 2.40 bits per heavy atom. The van der Waals surface area contributed by atoms with Crippen molar-refractivity contribution in [3.8, 4) is 0 Å². The van der Waals surface area contributed by atoms with E-state index >= 15 is 0 Å². The van der Waals surface area contributed by atoms with Crippen molar-refractivity contribution in [3.05, 3.63) is 35.9 Å². The molecule has 1 saturated heterocycles. The van der Waals surface area contributed by atoms with Gasteiger partial charge in [-0.3, -0.25) is 14.7 Å². The van der Waals surface area contributed by atoms with E-state index in [1.807, 2.05) is 7.05 Å². The number of carbonyl (C=O) groups is 1. The Labute approximate surface area is 198 Å². The summed E-state index contributed by atoms with van der Waals surface area (Å²) in [5, 5.41) is 6.43. The number of hydrogen-bond donors (Lipinski definition) is 2. The Morgan fingerprint density at radius 1 is 1.13 bits per heavy atom. The summed E-state index contributed by atoms with van der Waals surface area (Å²) in [7, 11) is 3.47. The minimum absolute atomic E-state index is 0. The number of carbonyl (C=O) groups excluding carboxylic acids is 1. The fourth-order valence-corrected chi connectivity index (χ4v) is 3.53. The van der Waals surface area contributed by atoms with Crippen molar-refractivity contribution >= 4 is 35.8 Å². The van der Waals surface area contributed by atoms with Crippen LogP contribution >= 0.6 is 24.0 Å². The summed E-state index contributed by atoms with van der Waals surface area (Å²) in [6.45, 7) is 10.4. The second kappa shape index (κ2) is 13.8. The van der Waals surface area contributed by atoms with Gasteiger partial charge in [-0.25, -0.2) is 0 Å². The number of amides is 1. The highest BCUT2D eigenvalue weighted by molar-refractivity contribution is 14.0. The number of hydrogen-bond acceptors (Lipinski definition) is 4. The number of rotatable bonds is 9. The van der Waals surface area contributed by atoms with Crippen LogP contribution in [0.2, 0.25) is 0 Å². The number of halogens is 1. The first-order chi connectivity index (χ1) is 13.9. The van der Waals surface area contributed by atoms with E-state index in [4.69, 9.17) is 4.74 Å². The standard InChI is InChI=1S/C22H37N5O2.HI/c1-22(2,16-19-8-6-5-7-9-19)18-25-21(23-3)27-13-11-26(12-14-27)17-20(28)24-10-15-29-4;/h5-9H,10-18H2,1-4H3,(H,23,25)(H,24,28);1H. The molecule has 2 rings (SSSR count). The van der Waals surface area contributed by atoms with E-state index in [-0.39, 0.29) is 35.3 Å². The van der Waals surface area contributed by atoms with Gasteiger partial charge in [0.1, 0.15) is 0 Å².